The van der Waals surface area contributed by atoms with Gasteiger partial charge in [-0.2, -0.15) is 5.10 Å². The molecule has 2 N–H and O–H groups in total. The van der Waals surface area contributed by atoms with E-state index in [4.69, 9.17) is 4.98 Å². The third-order valence-electron chi connectivity index (χ3n) is 5.67. The van der Waals surface area contributed by atoms with Gasteiger partial charge in [0, 0.05) is 23.5 Å². The van der Waals surface area contributed by atoms with Gasteiger partial charge in [-0.3, -0.25) is 4.98 Å². The van der Waals surface area contributed by atoms with Crippen LogP contribution in [0.2, 0.25) is 0 Å². The minimum atomic E-state index is -0.790. The number of aromatic amines is 1. The highest BCUT2D eigenvalue weighted by Crippen LogP contribution is 2.30. The van der Waals surface area contributed by atoms with Gasteiger partial charge in [0.25, 0.3) is 0 Å². The summed E-state index contributed by atoms with van der Waals surface area (Å²) in [5, 5.41) is 7.51. The van der Waals surface area contributed by atoms with Gasteiger partial charge in [0.05, 0.1) is 17.9 Å². The maximum absolute atomic E-state index is 14.2. The van der Waals surface area contributed by atoms with E-state index in [9.17, 15) is 4.39 Å². The van der Waals surface area contributed by atoms with Gasteiger partial charge in [0.1, 0.15) is 24.0 Å². The number of fused-ring (bicyclic) bond motifs is 1. The van der Waals surface area contributed by atoms with Crippen LogP contribution in [0.15, 0.2) is 42.9 Å². The Morgan fingerprint density at radius 1 is 1.20 bits per heavy atom. The zero-order valence-electron chi connectivity index (χ0n) is 16.8. The number of H-pyrrole nitrogens is 1. The van der Waals surface area contributed by atoms with Crippen molar-refractivity contribution >= 4 is 5.65 Å². The summed E-state index contributed by atoms with van der Waals surface area (Å²) in [5.74, 6) is 0.766. The summed E-state index contributed by atoms with van der Waals surface area (Å²) in [7, 11) is 0. The predicted molar refractivity (Wildman–Crippen MR) is 113 cm³/mol. The Balaban J connectivity index is 1.50. The summed E-state index contributed by atoms with van der Waals surface area (Å²) in [6.07, 6.45) is 6.16. The van der Waals surface area contributed by atoms with E-state index in [-0.39, 0.29) is 6.04 Å². The molecule has 30 heavy (non-hydrogen) atoms. The third-order valence-corrected chi connectivity index (χ3v) is 5.67. The van der Waals surface area contributed by atoms with Crippen LogP contribution in [0.5, 0.6) is 0 Å². The van der Waals surface area contributed by atoms with Crippen molar-refractivity contribution in [3.63, 3.8) is 0 Å². The monoisotopic (exact) mass is 405 g/mol. The van der Waals surface area contributed by atoms with Gasteiger partial charge in [-0.1, -0.05) is 18.9 Å². The number of nitrogens with one attached hydrogen (secondary N) is 2. The molecule has 1 saturated carbocycles. The first-order chi connectivity index (χ1) is 14.7. The number of hydrogen-bond acceptors (Lipinski definition) is 5. The zero-order chi connectivity index (χ0) is 20.5. The molecule has 0 spiro atoms. The molecule has 1 aliphatic carbocycles. The van der Waals surface area contributed by atoms with Gasteiger partial charge in [-0.25, -0.2) is 18.9 Å². The molecule has 4 aromatic heterocycles. The molecule has 1 fully saturated rings. The second-order valence-electron chi connectivity index (χ2n) is 7.84. The molecule has 2 unspecified atom stereocenters. The first-order valence-electron chi connectivity index (χ1n) is 10.4. The van der Waals surface area contributed by atoms with E-state index in [1.807, 2.05) is 43.5 Å². The topological polar surface area (TPSA) is 83.8 Å². The highest BCUT2D eigenvalue weighted by atomic mass is 19.1. The normalized spacial score (nSPS) is 19.4. The minimum Gasteiger partial charge on any atom is -0.340 e. The van der Waals surface area contributed by atoms with Crippen molar-refractivity contribution in [2.45, 2.75) is 51.4 Å². The minimum absolute atomic E-state index is 0.111. The van der Waals surface area contributed by atoms with Gasteiger partial charge < -0.3 is 10.3 Å². The van der Waals surface area contributed by atoms with Gasteiger partial charge in [0.15, 0.2) is 5.65 Å². The lowest BCUT2D eigenvalue weighted by Crippen LogP contribution is -2.39. The van der Waals surface area contributed by atoms with E-state index >= 15 is 0 Å². The van der Waals surface area contributed by atoms with E-state index in [2.05, 4.69) is 25.4 Å². The number of alkyl halides is 1. The van der Waals surface area contributed by atoms with E-state index < -0.39 is 6.17 Å². The van der Waals surface area contributed by atoms with Crippen molar-refractivity contribution in [3.05, 3.63) is 54.4 Å². The Morgan fingerprint density at radius 3 is 2.97 bits per heavy atom. The molecule has 1 aliphatic rings. The summed E-state index contributed by atoms with van der Waals surface area (Å²) < 4.78 is 15.9. The van der Waals surface area contributed by atoms with Crippen LogP contribution in [0.3, 0.4) is 0 Å². The number of aryl methyl sites for hydroxylation is 1. The molecule has 5 rings (SSSR count). The van der Waals surface area contributed by atoms with Crippen LogP contribution >= 0.6 is 0 Å². The van der Waals surface area contributed by atoms with Crippen LogP contribution in [0, 0.1) is 6.92 Å². The van der Waals surface area contributed by atoms with Crippen molar-refractivity contribution in [2.75, 3.05) is 0 Å². The summed E-state index contributed by atoms with van der Waals surface area (Å²) >= 11 is 0. The fourth-order valence-corrected chi connectivity index (χ4v) is 4.09. The first-order valence-corrected chi connectivity index (χ1v) is 10.4. The SMILES string of the molecule is Cc1cccc(-c2nc(CNC3CCCCC3F)[nH]c2-c2ccn3ncnc3c2)n1. The Kier molecular flexibility index (Phi) is 5.00. The summed E-state index contributed by atoms with van der Waals surface area (Å²) in [6.45, 7) is 2.45. The lowest BCUT2D eigenvalue weighted by molar-refractivity contribution is 0.187. The smallest absolute Gasteiger partial charge is 0.155 e. The molecule has 0 bridgehead atoms. The van der Waals surface area contributed by atoms with E-state index in [1.54, 1.807) is 4.52 Å². The van der Waals surface area contributed by atoms with Crippen LogP contribution < -0.4 is 5.32 Å². The zero-order valence-corrected chi connectivity index (χ0v) is 16.8. The lowest BCUT2D eigenvalue weighted by Gasteiger charge is -2.26. The molecule has 0 aromatic carbocycles. The van der Waals surface area contributed by atoms with Gasteiger partial charge in [-0.05, 0) is 44.0 Å². The molecule has 2 atom stereocenters. The molecule has 0 amide bonds. The first kappa shape index (κ1) is 18.9. The number of nitrogens with zero attached hydrogens (tertiary/aromatic N) is 5. The highest BCUT2D eigenvalue weighted by Gasteiger charge is 2.25. The average Bonchev–Trinajstić information content (AvgIpc) is 3.39. The second-order valence-corrected chi connectivity index (χ2v) is 7.84. The number of rotatable bonds is 5. The summed E-state index contributed by atoms with van der Waals surface area (Å²) in [5.41, 5.74) is 5.09. The molecule has 4 heterocycles. The van der Waals surface area contributed by atoms with Crippen molar-refractivity contribution in [1.82, 2.24) is 34.9 Å². The number of pyridine rings is 2. The largest absolute Gasteiger partial charge is 0.340 e. The van der Waals surface area contributed by atoms with Gasteiger partial charge in [0.2, 0.25) is 0 Å². The maximum atomic E-state index is 14.2. The quantitative estimate of drug-likeness (QED) is 0.527. The number of halogens is 1. The lowest BCUT2D eigenvalue weighted by atomic mass is 9.94. The van der Waals surface area contributed by atoms with Crippen molar-refractivity contribution < 1.29 is 4.39 Å². The summed E-state index contributed by atoms with van der Waals surface area (Å²) in [6, 6.07) is 9.73. The molecule has 154 valence electrons. The van der Waals surface area contributed by atoms with E-state index in [0.29, 0.717) is 13.0 Å². The predicted octanol–water partition coefficient (Wildman–Crippen LogP) is 3.86. The molecule has 0 aliphatic heterocycles. The maximum Gasteiger partial charge on any atom is 0.155 e. The van der Waals surface area contributed by atoms with Crippen LogP contribution in [-0.4, -0.2) is 41.8 Å². The van der Waals surface area contributed by atoms with Crippen molar-refractivity contribution in [1.29, 1.82) is 0 Å². The van der Waals surface area contributed by atoms with Gasteiger partial charge in [-0.15, -0.1) is 0 Å². The molecule has 0 saturated heterocycles. The van der Waals surface area contributed by atoms with Crippen molar-refractivity contribution in [2.24, 2.45) is 0 Å². The number of aromatic nitrogens is 6. The Bertz CT molecular complexity index is 1170. The molecule has 8 heteroatoms. The van der Waals surface area contributed by atoms with Crippen molar-refractivity contribution in [3.8, 4) is 22.6 Å². The van der Waals surface area contributed by atoms with E-state index in [1.165, 1.54) is 6.33 Å². The fourth-order valence-electron chi connectivity index (χ4n) is 4.09. The van der Waals surface area contributed by atoms with Crippen LogP contribution in [0.1, 0.15) is 37.2 Å². The van der Waals surface area contributed by atoms with E-state index in [0.717, 1.165) is 59.1 Å². The molecular formula is C22H24FN7. The molecule has 4 aromatic rings. The number of hydrogen-bond donors (Lipinski definition) is 2. The Morgan fingerprint density at radius 2 is 2.10 bits per heavy atom. The highest BCUT2D eigenvalue weighted by molar-refractivity contribution is 5.78. The average molecular weight is 405 g/mol. The Hall–Kier alpha value is -3.13. The fraction of sp³-hybridized carbons (Fsp3) is 0.364. The standard InChI is InChI=1S/C22H24FN7/c1-14-5-4-8-18(27-14)22-21(15-9-10-30-20(11-15)25-13-26-30)28-19(29-22)12-24-17-7-3-2-6-16(17)23/h4-5,8-11,13,16-17,24H,2-3,6-7,12H2,1H3,(H,28,29). The molecular weight excluding hydrogens is 381 g/mol. The molecule has 0 radical (unpaired) electrons. The second kappa shape index (κ2) is 7.95. The van der Waals surface area contributed by atoms with Crippen LogP contribution in [0.25, 0.3) is 28.3 Å². The van der Waals surface area contributed by atoms with Gasteiger partial charge >= 0.3 is 0 Å². The summed E-state index contributed by atoms with van der Waals surface area (Å²) in [4.78, 5) is 17.2. The van der Waals surface area contributed by atoms with Crippen LogP contribution in [0.4, 0.5) is 4.39 Å². The third kappa shape index (κ3) is 3.70. The molecule has 7 nitrogen and oxygen atoms in total. The Labute approximate surface area is 173 Å². The number of imidazole rings is 1. The van der Waals surface area contributed by atoms with Crippen LogP contribution in [-0.2, 0) is 6.54 Å².